The van der Waals surface area contributed by atoms with Gasteiger partial charge in [0.2, 0.25) is 0 Å². The second-order valence-electron chi connectivity index (χ2n) is 7.82. The number of aliphatic hydroxyl groups is 1. The van der Waals surface area contributed by atoms with Crippen molar-refractivity contribution in [1.82, 2.24) is 15.5 Å². The van der Waals surface area contributed by atoms with Crippen LogP contribution in [0.2, 0.25) is 0 Å². The maximum Gasteiger partial charge on any atom is 0.191 e. The van der Waals surface area contributed by atoms with E-state index in [1.807, 2.05) is 49.6 Å². The van der Waals surface area contributed by atoms with E-state index in [0.717, 1.165) is 30.3 Å². The molecule has 1 atom stereocenters. The number of hydrogen-bond acceptors (Lipinski definition) is 5. The van der Waals surface area contributed by atoms with Gasteiger partial charge >= 0.3 is 0 Å². The summed E-state index contributed by atoms with van der Waals surface area (Å²) in [5.41, 5.74) is 1.47. The first-order valence-electron chi connectivity index (χ1n) is 10.5. The number of guanidine groups is 1. The molecule has 0 saturated heterocycles. The summed E-state index contributed by atoms with van der Waals surface area (Å²) in [6.45, 7) is 7.11. The molecule has 6 nitrogen and oxygen atoms in total. The highest BCUT2D eigenvalue weighted by Gasteiger charge is 2.24. The van der Waals surface area contributed by atoms with Gasteiger partial charge in [-0.15, -0.1) is 35.3 Å². The van der Waals surface area contributed by atoms with E-state index >= 15 is 0 Å². The van der Waals surface area contributed by atoms with Crippen LogP contribution in [-0.2, 0) is 25.2 Å². The first-order valence-corrected chi connectivity index (χ1v) is 11.4. The smallest absolute Gasteiger partial charge is 0.191 e. The highest BCUT2D eigenvalue weighted by Crippen LogP contribution is 2.24. The Morgan fingerprint density at radius 3 is 2.53 bits per heavy atom. The van der Waals surface area contributed by atoms with Gasteiger partial charge in [-0.25, -0.2) is 4.99 Å². The number of halogens is 1. The van der Waals surface area contributed by atoms with Crippen LogP contribution < -0.4 is 10.6 Å². The molecule has 2 heterocycles. The molecule has 32 heavy (non-hydrogen) atoms. The lowest BCUT2D eigenvalue weighted by molar-refractivity contribution is 0.0655. The van der Waals surface area contributed by atoms with Crippen molar-refractivity contribution in [1.29, 1.82) is 0 Å². The Labute approximate surface area is 211 Å². The Kier molecular flexibility index (Phi) is 10.7. The monoisotopic (exact) mass is 568 g/mol. The fraction of sp³-hybridized carbons (Fsp3) is 0.375. The van der Waals surface area contributed by atoms with Gasteiger partial charge < -0.3 is 20.2 Å². The van der Waals surface area contributed by atoms with Crippen LogP contribution in [0.3, 0.4) is 0 Å². The number of thiophene rings is 1. The molecule has 3 rings (SSSR count). The third-order valence-corrected chi connectivity index (χ3v) is 6.09. The summed E-state index contributed by atoms with van der Waals surface area (Å²) < 4.78 is 5.46. The van der Waals surface area contributed by atoms with E-state index in [-0.39, 0.29) is 24.0 Å². The van der Waals surface area contributed by atoms with Crippen LogP contribution in [0.25, 0.3) is 0 Å². The predicted octanol–water partition coefficient (Wildman–Crippen LogP) is 4.55. The standard InChI is InChI=1S/C24H32N4O2S.HI/c1-4-25-23(27-18-24(2,29)22-12-8-14-31-22)26-15-19-9-5-6-10-20(19)16-28(3)17-21-11-7-13-30-21;/h5-14,29H,4,15-18H2,1-3H3,(H2,25,26,27);1H. The third-order valence-electron chi connectivity index (χ3n) is 4.97. The van der Waals surface area contributed by atoms with Crippen LogP contribution in [0.4, 0.5) is 0 Å². The average molecular weight is 569 g/mol. The fourth-order valence-corrected chi connectivity index (χ4v) is 4.10. The molecule has 0 aliphatic heterocycles. The molecule has 0 amide bonds. The van der Waals surface area contributed by atoms with Gasteiger partial charge in [0.1, 0.15) is 11.4 Å². The van der Waals surface area contributed by atoms with E-state index in [4.69, 9.17) is 9.41 Å². The maximum absolute atomic E-state index is 10.8. The Bertz CT molecular complexity index is 943. The van der Waals surface area contributed by atoms with Crippen molar-refractivity contribution in [2.24, 2.45) is 4.99 Å². The van der Waals surface area contributed by atoms with E-state index in [2.05, 4.69) is 40.8 Å². The third kappa shape index (κ3) is 7.91. The van der Waals surface area contributed by atoms with Crippen molar-refractivity contribution in [3.63, 3.8) is 0 Å². The first kappa shape index (κ1) is 26.4. The van der Waals surface area contributed by atoms with Crippen molar-refractivity contribution in [2.45, 2.75) is 39.1 Å². The molecule has 0 spiro atoms. The van der Waals surface area contributed by atoms with Crippen molar-refractivity contribution in [2.75, 3.05) is 20.1 Å². The molecule has 8 heteroatoms. The molecule has 3 N–H and O–H groups in total. The number of hydrogen-bond donors (Lipinski definition) is 3. The molecule has 3 aromatic rings. The molecule has 1 unspecified atom stereocenters. The molecule has 0 aliphatic carbocycles. The molecule has 0 bridgehead atoms. The minimum Gasteiger partial charge on any atom is -0.468 e. The van der Waals surface area contributed by atoms with Gasteiger partial charge in [0.15, 0.2) is 5.96 Å². The molecule has 1 aromatic carbocycles. The Hall–Kier alpha value is -1.88. The SMILES string of the molecule is CCNC(=NCc1ccccc1CN(C)Cc1ccco1)NCC(C)(O)c1cccs1.I. The van der Waals surface area contributed by atoms with Gasteiger partial charge in [-0.1, -0.05) is 30.3 Å². The van der Waals surface area contributed by atoms with Crippen LogP contribution in [0.15, 0.2) is 69.6 Å². The Balaban J connectivity index is 0.00000363. The number of aliphatic imine (C=N–C) groups is 1. The van der Waals surface area contributed by atoms with Gasteiger partial charge in [0, 0.05) is 18.0 Å². The van der Waals surface area contributed by atoms with Gasteiger partial charge in [0.25, 0.3) is 0 Å². The second kappa shape index (κ2) is 13.0. The zero-order valence-electron chi connectivity index (χ0n) is 18.9. The van der Waals surface area contributed by atoms with Crippen molar-refractivity contribution >= 4 is 41.3 Å². The summed E-state index contributed by atoms with van der Waals surface area (Å²) in [5.74, 6) is 1.65. The lowest BCUT2D eigenvalue weighted by Crippen LogP contribution is -2.44. The number of rotatable bonds is 10. The zero-order valence-corrected chi connectivity index (χ0v) is 22.0. The minimum absolute atomic E-state index is 0. The molecule has 0 aliphatic rings. The predicted molar refractivity (Wildman–Crippen MR) is 142 cm³/mol. The highest BCUT2D eigenvalue weighted by atomic mass is 127. The second-order valence-corrected chi connectivity index (χ2v) is 8.77. The molecular weight excluding hydrogens is 535 g/mol. The number of furan rings is 1. The highest BCUT2D eigenvalue weighted by molar-refractivity contribution is 14.0. The fourth-order valence-electron chi connectivity index (χ4n) is 3.32. The summed E-state index contributed by atoms with van der Waals surface area (Å²) in [6, 6.07) is 16.2. The van der Waals surface area contributed by atoms with Crippen molar-refractivity contribution < 1.29 is 9.52 Å². The van der Waals surface area contributed by atoms with E-state index in [1.165, 1.54) is 11.1 Å². The lowest BCUT2D eigenvalue weighted by Gasteiger charge is -2.24. The number of nitrogens with zero attached hydrogens (tertiary/aromatic N) is 2. The van der Waals surface area contributed by atoms with E-state index in [1.54, 1.807) is 17.6 Å². The number of benzene rings is 1. The molecular formula is C24H33IN4O2S. The molecule has 0 fully saturated rings. The summed E-state index contributed by atoms with van der Waals surface area (Å²) in [5, 5.41) is 19.3. The summed E-state index contributed by atoms with van der Waals surface area (Å²) in [6.07, 6.45) is 1.71. The van der Waals surface area contributed by atoms with Gasteiger partial charge in [-0.2, -0.15) is 0 Å². The minimum atomic E-state index is -0.948. The Morgan fingerprint density at radius 2 is 1.88 bits per heavy atom. The van der Waals surface area contributed by atoms with Gasteiger partial charge in [-0.3, -0.25) is 4.90 Å². The van der Waals surface area contributed by atoms with Gasteiger partial charge in [0.05, 0.1) is 25.9 Å². The molecule has 0 saturated carbocycles. The Morgan fingerprint density at radius 1 is 1.09 bits per heavy atom. The first-order chi connectivity index (χ1) is 15.0. The van der Waals surface area contributed by atoms with Crippen molar-refractivity contribution in [3.8, 4) is 0 Å². The summed E-state index contributed by atoms with van der Waals surface area (Å²) in [7, 11) is 2.08. The largest absolute Gasteiger partial charge is 0.468 e. The van der Waals surface area contributed by atoms with Crippen LogP contribution in [0.5, 0.6) is 0 Å². The quantitative estimate of drug-likeness (QED) is 0.190. The van der Waals surface area contributed by atoms with Crippen LogP contribution in [0.1, 0.15) is 35.6 Å². The topological polar surface area (TPSA) is 73.0 Å². The van der Waals surface area contributed by atoms with E-state index < -0.39 is 5.60 Å². The average Bonchev–Trinajstić information content (AvgIpc) is 3.45. The lowest BCUT2D eigenvalue weighted by atomic mass is 10.1. The number of nitrogens with one attached hydrogen (secondary N) is 2. The van der Waals surface area contributed by atoms with Crippen LogP contribution in [0, 0.1) is 0 Å². The maximum atomic E-state index is 10.8. The van der Waals surface area contributed by atoms with Gasteiger partial charge in [-0.05, 0) is 55.6 Å². The van der Waals surface area contributed by atoms with E-state index in [0.29, 0.717) is 19.0 Å². The van der Waals surface area contributed by atoms with Crippen LogP contribution >= 0.6 is 35.3 Å². The summed E-state index contributed by atoms with van der Waals surface area (Å²) in [4.78, 5) is 7.92. The molecule has 0 radical (unpaired) electrons. The van der Waals surface area contributed by atoms with Crippen molar-refractivity contribution in [3.05, 3.63) is 81.9 Å². The van der Waals surface area contributed by atoms with E-state index in [9.17, 15) is 5.11 Å². The zero-order chi connectivity index (χ0) is 22.1. The summed E-state index contributed by atoms with van der Waals surface area (Å²) >= 11 is 1.55. The normalized spacial score (nSPS) is 13.5. The molecule has 174 valence electrons. The van der Waals surface area contributed by atoms with Crippen LogP contribution in [-0.4, -0.2) is 36.1 Å². The molecule has 2 aromatic heterocycles.